The number of alkyl halides is 3. The van der Waals surface area contributed by atoms with Gasteiger partial charge in [0.25, 0.3) is 0 Å². The third-order valence-corrected chi connectivity index (χ3v) is 5.17. The first-order valence-electron chi connectivity index (χ1n) is 9.08. The fourth-order valence-corrected chi connectivity index (χ4v) is 3.49. The number of fused-ring (bicyclic) bond motifs is 1. The molecule has 0 amide bonds. The number of rotatable bonds is 4. The predicted molar refractivity (Wildman–Crippen MR) is 108 cm³/mol. The standard InChI is InChI=1S/C22H17ClF3N3/c1-13-15(9-11-20(27-13)22(24,25)26)8-6-14-7-10-17(23)16(12-14)21-28-18-4-2-3-5-19(18)29-21/h2-5,7,9-12H,6,8H2,1H3,(H,28,29). The highest BCUT2D eigenvalue weighted by molar-refractivity contribution is 6.33. The van der Waals surface area contributed by atoms with Crippen molar-refractivity contribution < 1.29 is 13.2 Å². The lowest BCUT2D eigenvalue weighted by Gasteiger charge is -2.11. The molecule has 1 N–H and O–H groups in total. The first-order valence-corrected chi connectivity index (χ1v) is 9.46. The number of benzene rings is 2. The number of nitrogens with one attached hydrogen (secondary N) is 1. The summed E-state index contributed by atoms with van der Waals surface area (Å²) in [6.45, 7) is 1.60. The number of para-hydroxylation sites is 2. The number of hydrogen-bond donors (Lipinski definition) is 1. The van der Waals surface area contributed by atoms with Gasteiger partial charge >= 0.3 is 6.18 Å². The minimum Gasteiger partial charge on any atom is -0.338 e. The number of aryl methyl sites for hydroxylation is 3. The van der Waals surface area contributed by atoms with Crippen LogP contribution in [-0.2, 0) is 19.0 Å². The molecule has 0 atom stereocenters. The summed E-state index contributed by atoms with van der Waals surface area (Å²) in [5.74, 6) is 0.686. The van der Waals surface area contributed by atoms with Crippen LogP contribution in [-0.4, -0.2) is 15.0 Å². The number of pyridine rings is 1. The first-order chi connectivity index (χ1) is 13.8. The normalized spacial score (nSPS) is 11.9. The summed E-state index contributed by atoms with van der Waals surface area (Å²) in [4.78, 5) is 11.6. The van der Waals surface area contributed by atoms with Crippen molar-refractivity contribution in [3.8, 4) is 11.4 Å². The zero-order valence-electron chi connectivity index (χ0n) is 15.5. The molecule has 0 saturated heterocycles. The summed E-state index contributed by atoms with van der Waals surface area (Å²) in [5.41, 5.74) is 3.92. The van der Waals surface area contributed by atoms with Crippen LogP contribution in [0.1, 0.15) is 22.5 Å². The number of hydrogen-bond acceptors (Lipinski definition) is 2. The monoisotopic (exact) mass is 415 g/mol. The quantitative estimate of drug-likeness (QED) is 0.419. The average molecular weight is 416 g/mol. The zero-order chi connectivity index (χ0) is 20.6. The molecule has 3 nitrogen and oxygen atoms in total. The van der Waals surface area contributed by atoms with Crippen molar-refractivity contribution in [2.24, 2.45) is 0 Å². The van der Waals surface area contributed by atoms with Crippen LogP contribution in [0.5, 0.6) is 0 Å². The van der Waals surface area contributed by atoms with E-state index in [1.165, 1.54) is 6.07 Å². The summed E-state index contributed by atoms with van der Waals surface area (Å²) < 4.78 is 38.4. The molecule has 0 unspecified atom stereocenters. The van der Waals surface area contributed by atoms with E-state index < -0.39 is 11.9 Å². The molecule has 0 bridgehead atoms. The van der Waals surface area contributed by atoms with Crippen molar-refractivity contribution in [1.29, 1.82) is 0 Å². The Morgan fingerprint density at radius 2 is 1.76 bits per heavy atom. The average Bonchev–Trinajstić information content (AvgIpc) is 3.11. The Morgan fingerprint density at radius 1 is 0.966 bits per heavy atom. The predicted octanol–water partition coefficient (Wildman–Crippen LogP) is 6.39. The van der Waals surface area contributed by atoms with E-state index in [9.17, 15) is 13.2 Å². The van der Waals surface area contributed by atoms with Crippen LogP contribution in [0.25, 0.3) is 22.4 Å². The highest BCUT2D eigenvalue weighted by Crippen LogP contribution is 2.30. The van der Waals surface area contributed by atoms with E-state index in [-0.39, 0.29) is 0 Å². The molecule has 4 rings (SSSR count). The van der Waals surface area contributed by atoms with Gasteiger partial charge in [-0.15, -0.1) is 0 Å². The zero-order valence-corrected chi connectivity index (χ0v) is 16.3. The van der Waals surface area contributed by atoms with Crippen molar-refractivity contribution in [2.75, 3.05) is 0 Å². The van der Waals surface area contributed by atoms with Gasteiger partial charge < -0.3 is 4.98 Å². The second-order valence-electron chi connectivity index (χ2n) is 6.86. The maximum atomic E-state index is 12.8. The van der Waals surface area contributed by atoms with Crippen LogP contribution in [0.15, 0.2) is 54.6 Å². The summed E-state index contributed by atoms with van der Waals surface area (Å²) in [7, 11) is 0. The van der Waals surface area contributed by atoms with Gasteiger partial charge in [-0.05, 0) is 61.2 Å². The molecular weight excluding hydrogens is 399 g/mol. The Hall–Kier alpha value is -2.86. The molecule has 4 aromatic rings. The molecule has 148 valence electrons. The van der Waals surface area contributed by atoms with E-state index in [2.05, 4.69) is 15.0 Å². The fourth-order valence-electron chi connectivity index (χ4n) is 3.28. The summed E-state index contributed by atoms with van der Waals surface area (Å²) in [6.07, 6.45) is -3.20. The lowest BCUT2D eigenvalue weighted by atomic mass is 10.0. The van der Waals surface area contributed by atoms with Crippen LogP contribution < -0.4 is 0 Å². The van der Waals surface area contributed by atoms with Crippen LogP contribution in [0.3, 0.4) is 0 Å². The van der Waals surface area contributed by atoms with Gasteiger partial charge in [-0.3, -0.25) is 0 Å². The molecular formula is C22H17ClF3N3. The van der Waals surface area contributed by atoms with Crippen LogP contribution in [0, 0.1) is 6.92 Å². The van der Waals surface area contributed by atoms with Crippen LogP contribution in [0.2, 0.25) is 5.02 Å². The molecule has 0 saturated carbocycles. The van der Waals surface area contributed by atoms with Crippen molar-refractivity contribution in [3.63, 3.8) is 0 Å². The van der Waals surface area contributed by atoms with E-state index in [0.29, 0.717) is 29.4 Å². The minimum absolute atomic E-state index is 0.395. The third-order valence-electron chi connectivity index (χ3n) is 4.84. The molecule has 0 aliphatic carbocycles. The van der Waals surface area contributed by atoms with Crippen molar-refractivity contribution in [3.05, 3.63) is 82.1 Å². The van der Waals surface area contributed by atoms with E-state index in [0.717, 1.165) is 33.8 Å². The Bertz CT molecular complexity index is 1150. The molecule has 2 aromatic heterocycles. The maximum absolute atomic E-state index is 12.8. The lowest BCUT2D eigenvalue weighted by Crippen LogP contribution is -2.10. The van der Waals surface area contributed by atoms with Crippen molar-refractivity contribution >= 4 is 22.6 Å². The van der Waals surface area contributed by atoms with Gasteiger partial charge in [-0.2, -0.15) is 13.2 Å². The molecule has 0 fully saturated rings. The smallest absolute Gasteiger partial charge is 0.338 e. The number of H-pyrrole nitrogens is 1. The lowest BCUT2D eigenvalue weighted by molar-refractivity contribution is -0.141. The number of halogens is 4. The van der Waals surface area contributed by atoms with E-state index >= 15 is 0 Å². The molecule has 2 aromatic carbocycles. The Labute approximate surface area is 170 Å². The number of nitrogens with zero attached hydrogens (tertiary/aromatic N) is 2. The largest absolute Gasteiger partial charge is 0.433 e. The highest BCUT2D eigenvalue weighted by Gasteiger charge is 2.32. The van der Waals surface area contributed by atoms with E-state index in [1.807, 2.05) is 42.5 Å². The van der Waals surface area contributed by atoms with Gasteiger partial charge in [-0.1, -0.05) is 35.9 Å². The third kappa shape index (κ3) is 4.12. The van der Waals surface area contributed by atoms with Gasteiger partial charge in [0, 0.05) is 11.3 Å². The first kappa shape index (κ1) is 19.5. The van der Waals surface area contributed by atoms with Crippen LogP contribution in [0.4, 0.5) is 13.2 Å². The van der Waals surface area contributed by atoms with Crippen LogP contribution >= 0.6 is 11.6 Å². The summed E-state index contributed by atoms with van der Waals surface area (Å²) in [5, 5.41) is 0.584. The fraction of sp³-hybridized carbons (Fsp3) is 0.182. The SMILES string of the molecule is Cc1nc(C(F)(F)F)ccc1CCc1ccc(Cl)c(-c2nc3ccccc3[nH]2)c1. The minimum atomic E-state index is -4.43. The number of aromatic amines is 1. The Kier molecular flexibility index (Phi) is 5.04. The second kappa shape index (κ2) is 7.52. The summed E-state index contributed by atoms with van der Waals surface area (Å²) in [6, 6.07) is 16.0. The van der Waals surface area contributed by atoms with E-state index in [1.54, 1.807) is 6.92 Å². The molecule has 0 aliphatic rings. The molecule has 0 aliphatic heterocycles. The number of imidazole rings is 1. The van der Waals surface area contributed by atoms with E-state index in [4.69, 9.17) is 11.6 Å². The molecule has 0 radical (unpaired) electrons. The summed E-state index contributed by atoms with van der Waals surface area (Å²) >= 11 is 6.38. The van der Waals surface area contributed by atoms with Gasteiger partial charge in [0.1, 0.15) is 11.5 Å². The molecule has 2 heterocycles. The van der Waals surface area contributed by atoms with Gasteiger partial charge in [0.05, 0.1) is 16.1 Å². The maximum Gasteiger partial charge on any atom is 0.433 e. The second-order valence-corrected chi connectivity index (χ2v) is 7.26. The van der Waals surface area contributed by atoms with Gasteiger partial charge in [-0.25, -0.2) is 9.97 Å². The topological polar surface area (TPSA) is 41.6 Å². The van der Waals surface area contributed by atoms with Gasteiger partial charge in [0.2, 0.25) is 0 Å². The number of aromatic nitrogens is 3. The highest BCUT2D eigenvalue weighted by atomic mass is 35.5. The Balaban J connectivity index is 1.57. The molecule has 29 heavy (non-hydrogen) atoms. The van der Waals surface area contributed by atoms with Crippen molar-refractivity contribution in [1.82, 2.24) is 15.0 Å². The van der Waals surface area contributed by atoms with Crippen molar-refractivity contribution in [2.45, 2.75) is 25.9 Å². The molecule has 7 heteroatoms. The Morgan fingerprint density at radius 3 is 2.48 bits per heavy atom. The van der Waals surface area contributed by atoms with Gasteiger partial charge in [0.15, 0.2) is 0 Å². The molecule has 0 spiro atoms.